The van der Waals surface area contributed by atoms with Gasteiger partial charge in [0.05, 0.1) is 30.4 Å². The Hall–Kier alpha value is -3.19. The smallest absolute Gasteiger partial charge is 0.261 e. The summed E-state index contributed by atoms with van der Waals surface area (Å²) in [6.07, 6.45) is 0.684. The second kappa shape index (κ2) is 9.31. The number of ether oxygens (including phenoxy) is 1. The van der Waals surface area contributed by atoms with E-state index in [0.717, 1.165) is 37.6 Å². The van der Waals surface area contributed by atoms with Crippen molar-refractivity contribution in [1.29, 1.82) is 0 Å². The molecule has 1 saturated heterocycles. The van der Waals surface area contributed by atoms with E-state index in [2.05, 4.69) is 22.3 Å². The molecular formula is C24H27N3O4. The Morgan fingerprint density at radius 1 is 1.00 bits per heavy atom. The number of carbonyl (C=O) groups excluding carboxylic acids is 3. The Balaban J connectivity index is 1.24. The molecule has 3 amide bonds. The zero-order valence-corrected chi connectivity index (χ0v) is 17.7. The van der Waals surface area contributed by atoms with Crippen LogP contribution >= 0.6 is 0 Å². The first-order valence-corrected chi connectivity index (χ1v) is 10.7. The molecule has 7 heteroatoms. The van der Waals surface area contributed by atoms with Crippen LogP contribution in [0.1, 0.15) is 52.1 Å². The van der Waals surface area contributed by atoms with Crippen LogP contribution in [0.2, 0.25) is 0 Å². The summed E-state index contributed by atoms with van der Waals surface area (Å²) in [4.78, 5) is 40.7. The van der Waals surface area contributed by atoms with E-state index in [1.165, 1.54) is 4.90 Å². The summed E-state index contributed by atoms with van der Waals surface area (Å²) in [6.45, 7) is 5.45. The van der Waals surface area contributed by atoms with Crippen molar-refractivity contribution < 1.29 is 19.1 Å². The average Bonchev–Trinajstić information content (AvgIpc) is 3.05. The minimum atomic E-state index is -0.283. The lowest BCUT2D eigenvalue weighted by Gasteiger charge is -2.29. The molecule has 2 aliphatic heterocycles. The third kappa shape index (κ3) is 4.61. The highest BCUT2D eigenvalue weighted by molar-refractivity contribution is 6.21. The van der Waals surface area contributed by atoms with Gasteiger partial charge in [-0.1, -0.05) is 24.3 Å². The van der Waals surface area contributed by atoms with E-state index in [1.54, 1.807) is 24.3 Å². The summed E-state index contributed by atoms with van der Waals surface area (Å²) in [6, 6.07) is 14.9. The number of amides is 3. The molecule has 1 N–H and O–H groups in total. The van der Waals surface area contributed by atoms with Crippen molar-refractivity contribution >= 4 is 23.4 Å². The van der Waals surface area contributed by atoms with Gasteiger partial charge in [0.1, 0.15) is 0 Å². The lowest BCUT2D eigenvalue weighted by molar-refractivity contribution is -0.121. The van der Waals surface area contributed by atoms with E-state index in [0.29, 0.717) is 17.5 Å². The van der Waals surface area contributed by atoms with Gasteiger partial charge in [0.25, 0.3) is 11.8 Å². The fourth-order valence-electron chi connectivity index (χ4n) is 4.03. The molecule has 0 bridgehead atoms. The average molecular weight is 421 g/mol. The maximum Gasteiger partial charge on any atom is 0.261 e. The molecule has 2 heterocycles. The monoisotopic (exact) mass is 421 g/mol. The highest BCUT2D eigenvalue weighted by Gasteiger charge is 2.34. The standard InChI is InChI=1S/C24H27N3O4/c1-17(18-8-10-19(11-9-18)26-13-15-31-16-14-26)25-22(28)7-4-12-27-23(29)20-5-2-3-6-21(20)24(27)30/h2-3,5-6,8-11,17H,4,7,12-16H2,1H3,(H,25,28). The molecule has 0 aliphatic carbocycles. The van der Waals surface area contributed by atoms with Gasteiger partial charge in [-0.15, -0.1) is 0 Å². The zero-order valence-electron chi connectivity index (χ0n) is 17.7. The number of hydrogen-bond donors (Lipinski definition) is 1. The van der Waals surface area contributed by atoms with Crippen LogP contribution < -0.4 is 10.2 Å². The molecule has 0 spiro atoms. The Kier molecular flexibility index (Phi) is 6.32. The summed E-state index contributed by atoms with van der Waals surface area (Å²) in [5, 5.41) is 3.00. The van der Waals surface area contributed by atoms with Gasteiger partial charge in [-0.05, 0) is 43.2 Å². The number of rotatable bonds is 7. The summed E-state index contributed by atoms with van der Waals surface area (Å²) < 4.78 is 5.39. The highest BCUT2D eigenvalue weighted by Crippen LogP contribution is 2.23. The van der Waals surface area contributed by atoms with Crippen LogP contribution in [0.4, 0.5) is 5.69 Å². The first kappa shape index (κ1) is 21.1. The first-order chi connectivity index (χ1) is 15.0. The molecule has 162 valence electrons. The molecule has 2 aromatic carbocycles. The molecule has 2 aliphatic rings. The second-order valence-corrected chi connectivity index (χ2v) is 7.89. The number of nitrogens with zero attached hydrogens (tertiary/aromatic N) is 2. The van der Waals surface area contributed by atoms with Crippen LogP contribution in [0.25, 0.3) is 0 Å². The van der Waals surface area contributed by atoms with E-state index in [4.69, 9.17) is 4.74 Å². The summed E-state index contributed by atoms with van der Waals surface area (Å²) >= 11 is 0. The third-order valence-electron chi connectivity index (χ3n) is 5.81. The number of morpholine rings is 1. The number of fused-ring (bicyclic) bond motifs is 1. The molecule has 1 fully saturated rings. The van der Waals surface area contributed by atoms with Crippen LogP contribution in [-0.2, 0) is 9.53 Å². The number of hydrogen-bond acceptors (Lipinski definition) is 5. The predicted octanol–water partition coefficient (Wildman–Crippen LogP) is 2.78. The molecular weight excluding hydrogens is 394 g/mol. The normalized spacial score (nSPS) is 16.9. The maximum atomic E-state index is 12.4. The van der Waals surface area contributed by atoms with E-state index in [1.807, 2.05) is 19.1 Å². The molecule has 7 nitrogen and oxygen atoms in total. The molecule has 1 unspecified atom stereocenters. The van der Waals surface area contributed by atoms with Crippen molar-refractivity contribution in [2.75, 3.05) is 37.7 Å². The van der Waals surface area contributed by atoms with Gasteiger partial charge in [-0.2, -0.15) is 0 Å². The van der Waals surface area contributed by atoms with Crippen molar-refractivity contribution in [2.24, 2.45) is 0 Å². The number of nitrogens with one attached hydrogen (secondary N) is 1. The van der Waals surface area contributed by atoms with Gasteiger partial charge in [-0.25, -0.2) is 0 Å². The van der Waals surface area contributed by atoms with Crippen LogP contribution in [-0.4, -0.2) is 55.5 Å². The lowest BCUT2D eigenvalue weighted by Crippen LogP contribution is -2.36. The fraction of sp³-hybridized carbons (Fsp3) is 0.375. The van der Waals surface area contributed by atoms with Gasteiger partial charge >= 0.3 is 0 Å². The van der Waals surface area contributed by atoms with Crippen LogP contribution in [0.15, 0.2) is 48.5 Å². The summed E-state index contributed by atoms with van der Waals surface area (Å²) in [5.74, 6) is -0.661. The summed E-state index contributed by atoms with van der Waals surface area (Å²) in [5.41, 5.74) is 3.06. The number of imide groups is 1. The quantitative estimate of drug-likeness (QED) is 0.696. The molecule has 2 aromatic rings. The molecule has 31 heavy (non-hydrogen) atoms. The third-order valence-corrected chi connectivity index (χ3v) is 5.81. The SMILES string of the molecule is CC(NC(=O)CCCN1C(=O)c2ccccc2C1=O)c1ccc(N2CCOCC2)cc1. The topological polar surface area (TPSA) is 79.0 Å². The van der Waals surface area contributed by atoms with Crippen molar-refractivity contribution in [3.05, 3.63) is 65.2 Å². The van der Waals surface area contributed by atoms with Crippen molar-refractivity contribution in [1.82, 2.24) is 10.2 Å². The molecule has 4 rings (SSSR count). The van der Waals surface area contributed by atoms with Crippen molar-refractivity contribution in [2.45, 2.75) is 25.8 Å². The minimum Gasteiger partial charge on any atom is -0.378 e. The van der Waals surface area contributed by atoms with Gasteiger partial charge in [0, 0.05) is 31.7 Å². The van der Waals surface area contributed by atoms with Gasteiger partial charge in [0.2, 0.25) is 5.91 Å². The van der Waals surface area contributed by atoms with Crippen LogP contribution in [0.3, 0.4) is 0 Å². The van der Waals surface area contributed by atoms with Crippen molar-refractivity contribution in [3.63, 3.8) is 0 Å². The first-order valence-electron chi connectivity index (χ1n) is 10.7. The predicted molar refractivity (Wildman–Crippen MR) is 117 cm³/mol. The molecule has 0 radical (unpaired) electrons. The van der Waals surface area contributed by atoms with Crippen molar-refractivity contribution in [3.8, 4) is 0 Å². The Bertz CT molecular complexity index is 932. The fourth-order valence-corrected chi connectivity index (χ4v) is 4.03. The van der Waals surface area contributed by atoms with Gasteiger partial charge < -0.3 is 15.0 Å². The van der Waals surface area contributed by atoms with E-state index in [9.17, 15) is 14.4 Å². The second-order valence-electron chi connectivity index (χ2n) is 7.89. The number of benzene rings is 2. The summed E-state index contributed by atoms with van der Waals surface area (Å²) in [7, 11) is 0. The van der Waals surface area contributed by atoms with Crippen LogP contribution in [0, 0.1) is 0 Å². The van der Waals surface area contributed by atoms with E-state index >= 15 is 0 Å². The highest BCUT2D eigenvalue weighted by atomic mass is 16.5. The van der Waals surface area contributed by atoms with Gasteiger partial charge in [-0.3, -0.25) is 19.3 Å². The Labute approximate surface area is 182 Å². The van der Waals surface area contributed by atoms with Crippen LogP contribution in [0.5, 0.6) is 0 Å². The lowest BCUT2D eigenvalue weighted by atomic mass is 10.1. The Morgan fingerprint density at radius 2 is 1.61 bits per heavy atom. The van der Waals surface area contributed by atoms with E-state index < -0.39 is 0 Å². The molecule has 1 atom stereocenters. The zero-order chi connectivity index (χ0) is 21.8. The Morgan fingerprint density at radius 3 is 2.23 bits per heavy atom. The maximum absolute atomic E-state index is 12.4. The van der Waals surface area contributed by atoms with E-state index in [-0.39, 0.29) is 36.7 Å². The minimum absolute atomic E-state index is 0.0960. The number of anilines is 1. The number of carbonyl (C=O) groups is 3. The molecule has 0 saturated carbocycles. The largest absolute Gasteiger partial charge is 0.378 e. The van der Waals surface area contributed by atoms with Gasteiger partial charge in [0.15, 0.2) is 0 Å². The molecule has 0 aromatic heterocycles.